The number of anilines is 1. The minimum atomic E-state index is -0.404. The van der Waals surface area contributed by atoms with Gasteiger partial charge in [-0.1, -0.05) is 0 Å². The number of aromatic nitrogens is 2. The molecule has 2 N–H and O–H groups in total. The highest BCUT2D eigenvalue weighted by atomic mass is 16.6. The molecule has 1 aromatic heterocycles. The predicted molar refractivity (Wildman–Crippen MR) is 79.6 cm³/mol. The second kappa shape index (κ2) is 6.25. The zero-order chi connectivity index (χ0) is 15.5. The molecule has 0 atom stereocenters. The maximum Gasteiger partial charge on any atom is 0.410 e. The average molecular weight is 307 g/mol. The summed E-state index contributed by atoms with van der Waals surface area (Å²) in [7, 11) is 0. The number of cyclic esters (lactones) is 1. The van der Waals surface area contributed by atoms with Crippen LogP contribution in [0.15, 0.2) is 6.07 Å². The number of rotatable bonds is 4. The summed E-state index contributed by atoms with van der Waals surface area (Å²) in [4.78, 5) is 26.9. The van der Waals surface area contributed by atoms with E-state index in [4.69, 9.17) is 4.74 Å². The number of ether oxygens (including phenoxy) is 1. The van der Waals surface area contributed by atoms with Crippen LogP contribution >= 0.6 is 0 Å². The van der Waals surface area contributed by atoms with Crippen molar-refractivity contribution in [3.05, 3.63) is 11.8 Å². The number of carbonyl (C=O) groups is 2. The first-order chi connectivity index (χ1) is 10.6. The molecular weight excluding hydrogens is 286 g/mol. The van der Waals surface area contributed by atoms with E-state index in [1.807, 2.05) is 13.0 Å². The number of hydrogen-bond donors (Lipinski definition) is 2. The Morgan fingerprint density at radius 1 is 1.45 bits per heavy atom. The lowest BCUT2D eigenvalue weighted by atomic mass is 10.1. The van der Waals surface area contributed by atoms with E-state index in [1.54, 1.807) is 0 Å². The smallest absolute Gasteiger partial charge is 0.410 e. The third-order valence-corrected chi connectivity index (χ3v) is 4.06. The summed E-state index contributed by atoms with van der Waals surface area (Å²) in [6.07, 6.45) is 1.35. The van der Waals surface area contributed by atoms with Crippen LogP contribution in [0, 0.1) is 6.92 Å². The number of hydrogen-bond acceptors (Lipinski definition) is 5. The summed E-state index contributed by atoms with van der Waals surface area (Å²) in [5, 5.41) is 10.2. The fourth-order valence-corrected chi connectivity index (χ4v) is 2.83. The minimum Gasteiger partial charge on any atom is -0.448 e. The maximum atomic E-state index is 12.0. The zero-order valence-electron chi connectivity index (χ0n) is 12.7. The summed E-state index contributed by atoms with van der Waals surface area (Å²) < 4.78 is 4.81. The molecule has 3 rings (SSSR count). The van der Waals surface area contributed by atoms with E-state index < -0.39 is 6.09 Å². The number of aryl methyl sites for hydroxylation is 1. The molecule has 0 bridgehead atoms. The van der Waals surface area contributed by atoms with E-state index in [9.17, 15) is 9.59 Å². The molecule has 8 nitrogen and oxygen atoms in total. The number of nitrogens with zero attached hydrogens (tertiary/aromatic N) is 3. The molecule has 0 unspecified atom stereocenters. The van der Waals surface area contributed by atoms with Crippen LogP contribution < -0.4 is 10.2 Å². The van der Waals surface area contributed by atoms with Gasteiger partial charge in [0.2, 0.25) is 5.91 Å². The molecule has 8 heteroatoms. The highest BCUT2D eigenvalue weighted by Gasteiger charge is 2.26. The molecule has 2 fully saturated rings. The van der Waals surface area contributed by atoms with Crippen LogP contribution in [0.3, 0.4) is 0 Å². The van der Waals surface area contributed by atoms with Crippen molar-refractivity contribution in [3.63, 3.8) is 0 Å². The number of amides is 2. The predicted octanol–water partition coefficient (Wildman–Crippen LogP) is 0.255. The van der Waals surface area contributed by atoms with Gasteiger partial charge >= 0.3 is 6.09 Å². The quantitative estimate of drug-likeness (QED) is 0.832. The number of piperidine rings is 1. The van der Waals surface area contributed by atoms with Gasteiger partial charge in [-0.25, -0.2) is 4.79 Å². The Balaban J connectivity index is 1.43. The summed E-state index contributed by atoms with van der Waals surface area (Å²) in [5.41, 5.74) is 1.04. The molecule has 0 aliphatic carbocycles. The van der Waals surface area contributed by atoms with Gasteiger partial charge in [-0.15, -0.1) is 0 Å². The van der Waals surface area contributed by atoms with Gasteiger partial charge in [-0.2, -0.15) is 5.10 Å². The number of H-pyrrole nitrogens is 1. The second-order valence-electron chi connectivity index (χ2n) is 5.77. The molecule has 1 aromatic rings. The van der Waals surface area contributed by atoms with E-state index in [0.29, 0.717) is 13.2 Å². The van der Waals surface area contributed by atoms with Crippen molar-refractivity contribution in [3.8, 4) is 0 Å². The molecule has 22 heavy (non-hydrogen) atoms. The summed E-state index contributed by atoms with van der Waals surface area (Å²) in [6.45, 7) is 4.64. The van der Waals surface area contributed by atoms with Gasteiger partial charge in [0.15, 0.2) is 5.82 Å². The van der Waals surface area contributed by atoms with Gasteiger partial charge in [0.05, 0.1) is 6.54 Å². The van der Waals surface area contributed by atoms with Crippen LogP contribution in [-0.2, 0) is 9.53 Å². The first kappa shape index (κ1) is 14.7. The van der Waals surface area contributed by atoms with Gasteiger partial charge in [0, 0.05) is 30.9 Å². The van der Waals surface area contributed by atoms with Gasteiger partial charge < -0.3 is 15.0 Å². The first-order valence-electron chi connectivity index (χ1n) is 7.60. The Morgan fingerprint density at radius 2 is 2.23 bits per heavy atom. The van der Waals surface area contributed by atoms with Crippen LogP contribution in [0.5, 0.6) is 0 Å². The largest absolute Gasteiger partial charge is 0.448 e. The van der Waals surface area contributed by atoms with Gasteiger partial charge in [-0.05, 0) is 19.8 Å². The van der Waals surface area contributed by atoms with Crippen LogP contribution in [0.4, 0.5) is 10.6 Å². The molecule has 120 valence electrons. The van der Waals surface area contributed by atoms with E-state index >= 15 is 0 Å². The third-order valence-electron chi connectivity index (χ3n) is 4.06. The molecule has 3 heterocycles. The van der Waals surface area contributed by atoms with Crippen molar-refractivity contribution in [2.45, 2.75) is 25.8 Å². The molecule has 0 saturated carbocycles. The maximum absolute atomic E-state index is 12.0. The Labute approximate surface area is 128 Å². The summed E-state index contributed by atoms with van der Waals surface area (Å²) >= 11 is 0. The monoisotopic (exact) mass is 307 g/mol. The number of nitrogens with one attached hydrogen (secondary N) is 2. The second-order valence-corrected chi connectivity index (χ2v) is 5.77. The Bertz CT molecular complexity index is 550. The van der Waals surface area contributed by atoms with E-state index in [0.717, 1.165) is 37.4 Å². The first-order valence-corrected chi connectivity index (χ1v) is 7.60. The molecule has 0 aromatic carbocycles. The van der Waals surface area contributed by atoms with Gasteiger partial charge in [0.25, 0.3) is 0 Å². The van der Waals surface area contributed by atoms with Gasteiger partial charge in [0.1, 0.15) is 13.2 Å². The zero-order valence-corrected chi connectivity index (χ0v) is 12.7. The van der Waals surface area contributed by atoms with Crippen molar-refractivity contribution < 1.29 is 14.3 Å². The van der Waals surface area contributed by atoms with Crippen LogP contribution in [-0.4, -0.2) is 65.9 Å². The fourth-order valence-electron chi connectivity index (χ4n) is 2.83. The molecule has 2 amide bonds. The van der Waals surface area contributed by atoms with Crippen LogP contribution in [0.2, 0.25) is 0 Å². The Kier molecular flexibility index (Phi) is 4.17. The summed E-state index contributed by atoms with van der Waals surface area (Å²) in [6, 6.07) is 2.18. The average Bonchev–Trinajstić information content (AvgIpc) is 3.09. The fraction of sp³-hybridized carbons (Fsp3) is 0.643. The van der Waals surface area contributed by atoms with E-state index in [1.165, 1.54) is 4.90 Å². The molecule has 2 aliphatic heterocycles. The lowest BCUT2D eigenvalue weighted by Gasteiger charge is -2.32. The molecule has 2 aliphatic rings. The molecule has 2 saturated heterocycles. The standard InChI is InChI=1S/C14H21N5O3/c1-10-8-12(17-16-10)18-4-2-11(3-5-18)15-13(20)9-19-6-7-22-14(19)21/h8,11H,2-7,9H2,1H3,(H,15,20)(H,16,17). The van der Waals surface area contributed by atoms with Crippen LogP contribution in [0.1, 0.15) is 18.5 Å². The van der Waals surface area contributed by atoms with Crippen molar-refractivity contribution in [2.75, 3.05) is 37.7 Å². The highest BCUT2D eigenvalue weighted by molar-refractivity contribution is 5.83. The van der Waals surface area contributed by atoms with Crippen molar-refractivity contribution in [1.29, 1.82) is 0 Å². The van der Waals surface area contributed by atoms with Crippen LogP contribution in [0.25, 0.3) is 0 Å². The van der Waals surface area contributed by atoms with E-state index in [-0.39, 0.29) is 18.5 Å². The molecular formula is C14H21N5O3. The van der Waals surface area contributed by atoms with Gasteiger partial charge in [-0.3, -0.25) is 14.8 Å². The molecule has 0 radical (unpaired) electrons. The Hall–Kier alpha value is -2.25. The normalized spacial score (nSPS) is 19.4. The number of carbonyl (C=O) groups excluding carboxylic acids is 2. The van der Waals surface area contributed by atoms with E-state index in [2.05, 4.69) is 20.4 Å². The van der Waals surface area contributed by atoms with Crippen molar-refractivity contribution >= 4 is 17.8 Å². The lowest BCUT2D eigenvalue weighted by molar-refractivity contribution is -0.122. The van der Waals surface area contributed by atoms with Crippen molar-refractivity contribution in [2.24, 2.45) is 0 Å². The Morgan fingerprint density at radius 3 is 2.82 bits per heavy atom. The third kappa shape index (κ3) is 3.32. The minimum absolute atomic E-state index is 0.0810. The van der Waals surface area contributed by atoms with Crippen molar-refractivity contribution in [1.82, 2.24) is 20.4 Å². The topological polar surface area (TPSA) is 90.6 Å². The SMILES string of the molecule is Cc1cc(N2CCC(NC(=O)CN3CCOC3=O)CC2)n[nH]1. The summed E-state index contributed by atoms with van der Waals surface area (Å²) in [5.74, 6) is 0.843. The molecule has 0 spiro atoms. The highest BCUT2D eigenvalue weighted by Crippen LogP contribution is 2.18. The lowest BCUT2D eigenvalue weighted by Crippen LogP contribution is -2.47. The number of aromatic amines is 1.